The molecule has 3 N–H and O–H groups in total. The Morgan fingerprint density at radius 2 is 1.79 bits per heavy atom. The van der Waals surface area contributed by atoms with Gasteiger partial charge in [0.15, 0.2) is 0 Å². The third kappa shape index (κ3) is 7.45. The summed E-state index contributed by atoms with van der Waals surface area (Å²) in [7, 11) is 0. The molecule has 0 aromatic heterocycles. The Kier molecular flexibility index (Phi) is 7.70. The zero-order valence-corrected chi connectivity index (χ0v) is 13.0. The molecular weight excluding hydrogens is 327 g/mol. The largest absolute Gasteiger partial charge is 0.481 e. The molecule has 134 valence electrons. The highest BCUT2D eigenvalue weighted by molar-refractivity contribution is 5.94. The third-order valence-electron chi connectivity index (χ3n) is 3.50. The summed E-state index contributed by atoms with van der Waals surface area (Å²) in [5.74, 6) is -1.87. The number of benzene rings is 1. The van der Waals surface area contributed by atoms with Crippen molar-refractivity contribution >= 4 is 11.9 Å². The topological polar surface area (TPSA) is 86.6 Å². The van der Waals surface area contributed by atoms with Gasteiger partial charge in [0.25, 0.3) is 5.91 Å². The van der Waals surface area contributed by atoms with Crippen LogP contribution in [0.25, 0.3) is 0 Å². The lowest BCUT2D eigenvalue weighted by molar-refractivity contribution is -0.137. The molecule has 1 aromatic rings. The van der Waals surface area contributed by atoms with Crippen LogP contribution in [0.3, 0.4) is 0 Å². The van der Waals surface area contributed by atoms with E-state index in [2.05, 4.69) is 5.32 Å². The van der Waals surface area contributed by atoms with Gasteiger partial charge in [-0.05, 0) is 30.5 Å². The van der Waals surface area contributed by atoms with Crippen molar-refractivity contribution in [1.82, 2.24) is 5.32 Å². The highest BCUT2D eigenvalue weighted by Gasteiger charge is 2.26. The Bertz CT molecular complexity index is 543. The van der Waals surface area contributed by atoms with E-state index >= 15 is 0 Å². The molecule has 24 heavy (non-hydrogen) atoms. The normalized spacial score (nSPS) is 12.7. The number of carbonyl (C=O) groups excluding carboxylic acids is 1. The average molecular weight is 347 g/mol. The second-order valence-corrected chi connectivity index (χ2v) is 5.41. The van der Waals surface area contributed by atoms with Crippen molar-refractivity contribution in [3.05, 3.63) is 35.4 Å². The number of alkyl halides is 3. The maximum Gasteiger partial charge on any atom is 0.389 e. The number of amides is 1. The molecule has 0 spiro atoms. The number of aliphatic carboxylic acids is 1. The number of aliphatic hydroxyl groups is 1. The van der Waals surface area contributed by atoms with E-state index in [9.17, 15) is 27.9 Å². The van der Waals surface area contributed by atoms with Crippen LogP contribution in [-0.2, 0) is 4.79 Å². The van der Waals surface area contributed by atoms with E-state index in [1.165, 1.54) is 12.1 Å². The molecule has 1 rings (SSSR count). The van der Waals surface area contributed by atoms with E-state index in [0.29, 0.717) is 11.1 Å². The minimum atomic E-state index is -4.21. The number of carboxylic acids is 1. The summed E-state index contributed by atoms with van der Waals surface area (Å²) >= 11 is 0. The Hall–Kier alpha value is -2.09. The van der Waals surface area contributed by atoms with Gasteiger partial charge in [-0.25, -0.2) is 0 Å². The Morgan fingerprint density at radius 3 is 2.29 bits per heavy atom. The molecule has 0 aliphatic carbocycles. The molecule has 8 heteroatoms. The first-order chi connectivity index (χ1) is 11.2. The Balaban J connectivity index is 2.57. The van der Waals surface area contributed by atoms with Gasteiger partial charge in [0.2, 0.25) is 0 Å². The van der Waals surface area contributed by atoms with Crippen molar-refractivity contribution in [2.75, 3.05) is 13.2 Å². The summed E-state index contributed by atoms with van der Waals surface area (Å²) in [4.78, 5) is 22.2. The zero-order chi connectivity index (χ0) is 18.2. The smallest absolute Gasteiger partial charge is 0.389 e. The van der Waals surface area contributed by atoms with Crippen LogP contribution in [0.5, 0.6) is 0 Å². The molecule has 1 atom stereocenters. The van der Waals surface area contributed by atoms with E-state index in [0.717, 1.165) is 0 Å². The lowest BCUT2D eigenvalue weighted by atomic mass is 9.93. The van der Waals surface area contributed by atoms with Gasteiger partial charge in [0.05, 0.1) is 6.42 Å². The van der Waals surface area contributed by atoms with Crippen LogP contribution in [-0.4, -0.2) is 41.4 Å². The fourth-order valence-corrected chi connectivity index (χ4v) is 2.20. The molecule has 0 heterocycles. The minimum Gasteiger partial charge on any atom is -0.481 e. The van der Waals surface area contributed by atoms with Gasteiger partial charge >= 0.3 is 12.1 Å². The Morgan fingerprint density at radius 1 is 1.17 bits per heavy atom. The number of nitrogens with one attached hydrogen (secondary N) is 1. The van der Waals surface area contributed by atoms with Crippen LogP contribution in [0.15, 0.2) is 24.3 Å². The highest BCUT2D eigenvalue weighted by atomic mass is 19.4. The molecule has 1 amide bonds. The van der Waals surface area contributed by atoms with Gasteiger partial charge in [-0.15, -0.1) is 0 Å². The maximum atomic E-state index is 12.2. The quantitative estimate of drug-likeness (QED) is 0.641. The SMILES string of the molecule is O=C(O)CCNC(=O)c1ccc(C(CO)CCCC(F)(F)F)cc1. The van der Waals surface area contributed by atoms with Gasteiger partial charge < -0.3 is 15.5 Å². The van der Waals surface area contributed by atoms with Crippen LogP contribution >= 0.6 is 0 Å². The van der Waals surface area contributed by atoms with Gasteiger partial charge in [0, 0.05) is 31.1 Å². The van der Waals surface area contributed by atoms with Gasteiger partial charge in [0.1, 0.15) is 0 Å². The molecule has 0 bridgehead atoms. The first-order valence-electron chi connectivity index (χ1n) is 7.50. The molecule has 0 saturated heterocycles. The monoisotopic (exact) mass is 347 g/mol. The first-order valence-corrected chi connectivity index (χ1v) is 7.50. The summed E-state index contributed by atoms with van der Waals surface area (Å²) in [6, 6.07) is 6.16. The number of carbonyl (C=O) groups is 2. The van der Waals surface area contributed by atoms with Gasteiger partial charge in [-0.3, -0.25) is 9.59 Å². The maximum absolute atomic E-state index is 12.2. The second-order valence-electron chi connectivity index (χ2n) is 5.41. The highest BCUT2D eigenvalue weighted by Crippen LogP contribution is 2.27. The van der Waals surface area contributed by atoms with E-state index < -0.39 is 30.4 Å². The second kappa shape index (κ2) is 9.27. The number of aliphatic hydroxyl groups excluding tert-OH is 1. The van der Waals surface area contributed by atoms with Crippen molar-refractivity contribution in [3.63, 3.8) is 0 Å². The number of rotatable bonds is 9. The predicted octanol–water partition coefficient (Wildman–Crippen LogP) is 2.70. The molecule has 0 saturated carbocycles. The summed E-state index contributed by atoms with van der Waals surface area (Å²) in [6.07, 6.45) is -5.17. The molecular formula is C16H20F3NO4. The van der Waals surface area contributed by atoms with Crippen molar-refractivity contribution in [2.45, 2.75) is 37.8 Å². The van der Waals surface area contributed by atoms with Crippen LogP contribution < -0.4 is 5.32 Å². The van der Waals surface area contributed by atoms with Crippen LogP contribution in [0.2, 0.25) is 0 Å². The molecule has 0 aliphatic heterocycles. The van der Waals surface area contributed by atoms with Crippen molar-refractivity contribution in [2.24, 2.45) is 0 Å². The summed E-state index contributed by atoms with van der Waals surface area (Å²) in [6.45, 7) is -0.269. The zero-order valence-electron chi connectivity index (χ0n) is 13.0. The predicted molar refractivity (Wildman–Crippen MR) is 80.8 cm³/mol. The van der Waals surface area contributed by atoms with E-state index in [-0.39, 0.29) is 32.4 Å². The van der Waals surface area contributed by atoms with E-state index in [4.69, 9.17) is 5.11 Å². The average Bonchev–Trinajstić information content (AvgIpc) is 2.50. The fraction of sp³-hybridized carbons (Fsp3) is 0.500. The van der Waals surface area contributed by atoms with Crippen molar-refractivity contribution in [3.8, 4) is 0 Å². The number of carboxylic acid groups (broad SMARTS) is 1. The van der Waals surface area contributed by atoms with Crippen LogP contribution in [0, 0.1) is 0 Å². The molecule has 0 fully saturated rings. The molecule has 0 radical (unpaired) electrons. The van der Waals surface area contributed by atoms with Gasteiger partial charge in [-0.2, -0.15) is 13.2 Å². The van der Waals surface area contributed by atoms with E-state index in [1.807, 2.05) is 0 Å². The number of hydrogen-bond donors (Lipinski definition) is 3. The number of halogens is 3. The first kappa shape index (κ1) is 20.0. The van der Waals surface area contributed by atoms with Crippen molar-refractivity contribution < 1.29 is 33.0 Å². The van der Waals surface area contributed by atoms with Gasteiger partial charge in [-0.1, -0.05) is 12.1 Å². The third-order valence-corrected chi connectivity index (χ3v) is 3.50. The summed E-state index contributed by atoms with van der Waals surface area (Å²) in [5, 5.41) is 20.3. The summed E-state index contributed by atoms with van der Waals surface area (Å²) in [5.41, 5.74) is 0.970. The standard InChI is InChI=1S/C16H20F3NO4/c17-16(18,19)8-1-2-13(10-21)11-3-5-12(6-4-11)15(24)20-9-7-14(22)23/h3-6,13,21H,1-2,7-10H2,(H,20,24)(H,22,23). The lowest BCUT2D eigenvalue weighted by Gasteiger charge is -2.15. The Labute approximate surface area is 137 Å². The minimum absolute atomic E-state index is 0.00657. The summed E-state index contributed by atoms with van der Waals surface area (Å²) < 4.78 is 36.5. The fourth-order valence-electron chi connectivity index (χ4n) is 2.20. The lowest BCUT2D eigenvalue weighted by Crippen LogP contribution is -2.26. The van der Waals surface area contributed by atoms with Crippen molar-refractivity contribution in [1.29, 1.82) is 0 Å². The molecule has 5 nitrogen and oxygen atoms in total. The van der Waals surface area contributed by atoms with Crippen LogP contribution in [0.1, 0.15) is 47.5 Å². The molecule has 0 aliphatic rings. The van der Waals surface area contributed by atoms with Crippen LogP contribution in [0.4, 0.5) is 13.2 Å². The molecule has 1 aromatic carbocycles. The number of hydrogen-bond acceptors (Lipinski definition) is 3. The molecule has 1 unspecified atom stereocenters. The van der Waals surface area contributed by atoms with E-state index in [1.54, 1.807) is 12.1 Å².